The van der Waals surface area contributed by atoms with E-state index >= 15 is 0 Å². The topological polar surface area (TPSA) is 83.8 Å². The van der Waals surface area contributed by atoms with Crippen LogP contribution in [0.3, 0.4) is 0 Å². The van der Waals surface area contributed by atoms with Crippen molar-refractivity contribution in [3.8, 4) is 22.6 Å². The molecule has 7 heteroatoms. The molecule has 26 heavy (non-hydrogen) atoms. The quantitative estimate of drug-likeness (QED) is 0.552. The fraction of sp³-hybridized carbons (Fsp3) is 0. The first-order chi connectivity index (χ1) is 12.7. The van der Waals surface area contributed by atoms with Crippen LogP contribution >= 0.6 is 11.6 Å². The zero-order valence-electron chi connectivity index (χ0n) is 13.4. The molecule has 0 saturated heterocycles. The summed E-state index contributed by atoms with van der Waals surface area (Å²) >= 11 is 6.03. The molecule has 0 saturated carbocycles. The summed E-state index contributed by atoms with van der Waals surface area (Å²) in [5.74, 6) is 0.419. The molecule has 1 amide bonds. The van der Waals surface area contributed by atoms with Crippen molar-refractivity contribution in [1.29, 1.82) is 0 Å². The molecule has 0 aliphatic heterocycles. The van der Waals surface area contributed by atoms with Crippen molar-refractivity contribution in [3.05, 3.63) is 78.1 Å². The number of rotatable bonds is 4. The van der Waals surface area contributed by atoms with Crippen molar-refractivity contribution in [2.75, 3.05) is 5.32 Å². The number of hydrogen-bond acceptors (Lipinski definition) is 4. The molecule has 0 bridgehead atoms. The summed E-state index contributed by atoms with van der Waals surface area (Å²) in [6.07, 6.45) is 4.28. The van der Waals surface area contributed by atoms with E-state index in [-0.39, 0.29) is 11.6 Å². The highest BCUT2D eigenvalue weighted by atomic mass is 35.5. The van der Waals surface area contributed by atoms with E-state index in [1.165, 1.54) is 12.7 Å². The first-order valence-corrected chi connectivity index (χ1v) is 8.18. The number of aromatic nitrogens is 3. The lowest BCUT2D eigenvalue weighted by Gasteiger charge is -2.04. The predicted molar refractivity (Wildman–Crippen MR) is 98.9 cm³/mol. The van der Waals surface area contributed by atoms with Crippen LogP contribution in [-0.4, -0.2) is 20.9 Å². The standard InChI is InChI=1S/C19H13ClN4O2/c20-14-3-1-2-13(8-14)18-21-9-16(24-18)12-4-6-15(7-5-12)23-19(25)17-10-26-11-22-17/h1-11H,(H,21,24)(H,23,25). The Kier molecular flexibility index (Phi) is 4.25. The number of oxazole rings is 1. The summed E-state index contributed by atoms with van der Waals surface area (Å²) in [6, 6.07) is 14.9. The number of H-pyrrole nitrogens is 1. The lowest BCUT2D eigenvalue weighted by atomic mass is 10.1. The number of aromatic amines is 1. The zero-order valence-corrected chi connectivity index (χ0v) is 14.2. The third-order valence-electron chi connectivity index (χ3n) is 3.79. The summed E-state index contributed by atoms with van der Waals surface area (Å²) in [5.41, 5.74) is 3.63. The van der Waals surface area contributed by atoms with Gasteiger partial charge in [-0.25, -0.2) is 9.97 Å². The second-order valence-electron chi connectivity index (χ2n) is 5.56. The molecule has 6 nitrogen and oxygen atoms in total. The van der Waals surface area contributed by atoms with Crippen LogP contribution in [-0.2, 0) is 0 Å². The number of hydrogen-bond donors (Lipinski definition) is 2. The summed E-state index contributed by atoms with van der Waals surface area (Å²) in [5, 5.41) is 3.42. The summed E-state index contributed by atoms with van der Waals surface area (Å²) in [6.45, 7) is 0. The smallest absolute Gasteiger partial charge is 0.277 e. The van der Waals surface area contributed by atoms with E-state index in [0.29, 0.717) is 10.7 Å². The Bertz CT molecular complexity index is 1040. The Balaban J connectivity index is 1.51. The molecule has 4 rings (SSSR count). The van der Waals surface area contributed by atoms with Gasteiger partial charge >= 0.3 is 0 Å². The van der Waals surface area contributed by atoms with E-state index in [0.717, 1.165) is 22.6 Å². The summed E-state index contributed by atoms with van der Waals surface area (Å²) < 4.78 is 4.81. The normalized spacial score (nSPS) is 10.7. The maximum atomic E-state index is 12.0. The number of amides is 1. The molecule has 0 spiro atoms. The van der Waals surface area contributed by atoms with Crippen molar-refractivity contribution in [2.24, 2.45) is 0 Å². The van der Waals surface area contributed by atoms with E-state index in [9.17, 15) is 4.79 Å². The molecule has 0 unspecified atom stereocenters. The van der Waals surface area contributed by atoms with E-state index in [4.69, 9.17) is 16.0 Å². The van der Waals surface area contributed by atoms with Gasteiger partial charge in [0, 0.05) is 16.3 Å². The van der Waals surface area contributed by atoms with E-state index in [2.05, 4.69) is 20.3 Å². The van der Waals surface area contributed by atoms with Crippen LogP contribution in [0.1, 0.15) is 10.5 Å². The molecule has 0 fully saturated rings. The van der Waals surface area contributed by atoms with Crippen molar-refractivity contribution >= 4 is 23.2 Å². The van der Waals surface area contributed by atoms with Crippen LogP contribution in [0.15, 0.2) is 71.8 Å². The average molecular weight is 365 g/mol. The third kappa shape index (κ3) is 3.36. The molecular weight excluding hydrogens is 352 g/mol. The van der Waals surface area contributed by atoms with Crippen molar-refractivity contribution < 1.29 is 9.21 Å². The number of halogens is 1. The van der Waals surface area contributed by atoms with Crippen molar-refractivity contribution in [3.63, 3.8) is 0 Å². The number of nitrogens with zero attached hydrogens (tertiary/aromatic N) is 2. The molecule has 0 atom stereocenters. The average Bonchev–Trinajstić information content (AvgIpc) is 3.35. The molecule has 4 aromatic rings. The molecule has 0 aliphatic rings. The Morgan fingerprint density at radius 2 is 1.92 bits per heavy atom. The van der Waals surface area contributed by atoms with Crippen LogP contribution in [0, 0.1) is 0 Å². The molecule has 2 N–H and O–H groups in total. The van der Waals surface area contributed by atoms with Gasteiger partial charge < -0.3 is 14.7 Å². The van der Waals surface area contributed by atoms with Gasteiger partial charge in [-0.05, 0) is 29.8 Å². The van der Waals surface area contributed by atoms with Crippen LogP contribution in [0.2, 0.25) is 5.02 Å². The van der Waals surface area contributed by atoms with E-state index in [1.807, 2.05) is 48.5 Å². The highest BCUT2D eigenvalue weighted by Gasteiger charge is 2.10. The number of imidazole rings is 1. The van der Waals surface area contributed by atoms with Crippen LogP contribution in [0.4, 0.5) is 5.69 Å². The first-order valence-electron chi connectivity index (χ1n) is 7.80. The monoisotopic (exact) mass is 364 g/mol. The lowest BCUT2D eigenvalue weighted by molar-refractivity contribution is 0.102. The van der Waals surface area contributed by atoms with Gasteiger partial charge in [0.2, 0.25) is 0 Å². The first kappa shape index (κ1) is 16.1. The highest BCUT2D eigenvalue weighted by molar-refractivity contribution is 6.30. The molecule has 2 aromatic carbocycles. The van der Waals surface area contributed by atoms with Gasteiger partial charge in [0.05, 0.1) is 11.9 Å². The second kappa shape index (κ2) is 6.85. The maximum absolute atomic E-state index is 12.0. The zero-order chi connectivity index (χ0) is 17.9. The lowest BCUT2D eigenvalue weighted by Crippen LogP contribution is -2.11. The number of anilines is 1. The summed E-state index contributed by atoms with van der Waals surface area (Å²) in [4.78, 5) is 23.5. The molecule has 0 aliphatic carbocycles. The van der Waals surface area contributed by atoms with Crippen LogP contribution in [0.5, 0.6) is 0 Å². The minimum absolute atomic E-state index is 0.230. The number of benzene rings is 2. The predicted octanol–water partition coefficient (Wildman–Crippen LogP) is 4.64. The minimum atomic E-state index is -0.323. The van der Waals surface area contributed by atoms with Gasteiger partial charge in [0.1, 0.15) is 12.1 Å². The van der Waals surface area contributed by atoms with Crippen LogP contribution in [0.25, 0.3) is 22.6 Å². The SMILES string of the molecule is O=C(Nc1ccc(-c2cnc(-c3cccc(Cl)c3)[nH]2)cc1)c1cocn1. The Hall–Kier alpha value is -3.38. The largest absolute Gasteiger partial charge is 0.451 e. The highest BCUT2D eigenvalue weighted by Crippen LogP contribution is 2.25. The number of carbonyl (C=O) groups is 1. The van der Waals surface area contributed by atoms with Gasteiger partial charge in [-0.15, -0.1) is 0 Å². The van der Waals surface area contributed by atoms with Gasteiger partial charge in [-0.1, -0.05) is 35.9 Å². The van der Waals surface area contributed by atoms with Crippen molar-refractivity contribution in [2.45, 2.75) is 0 Å². The van der Waals surface area contributed by atoms with Gasteiger partial charge in [0.15, 0.2) is 12.1 Å². The molecule has 0 radical (unpaired) electrons. The third-order valence-corrected chi connectivity index (χ3v) is 4.03. The molecule has 128 valence electrons. The second-order valence-corrected chi connectivity index (χ2v) is 6.00. The van der Waals surface area contributed by atoms with Crippen LogP contribution < -0.4 is 5.32 Å². The molecule has 2 aromatic heterocycles. The van der Waals surface area contributed by atoms with E-state index < -0.39 is 0 Å². The maximum Gasteiger partial charge on any atom is 0.277 e. The number of nitrogens with one attached hydrogen (secondary N) is 2. The molecular formula is C19H13ClN4O2. The molecule has 2 heterocycles. The Morgan fingerprint density at radius 1 is 1.08 bits per heavy atom. The van der Waals surface area contributed by atoms with Crippen molar-refractivity contribution in [1.82, 2.24) is 15.0 Å². The fourth-order valence-electron chi connectivity index (χ4n) is 2.50. The number of carbonyl (C=O) groups excluding carboxylic acids is 1. The summed E-state index contributed by atoms with van der Waals surface area (Å²) in [7, 11) is 0. The van der Waals surface area contributed by atoms with Gasteiger partial charge in [-0.3, -0.25) is 4.79 Å². The van der Waals surface area contributed by atoms with Gasteiger partial charge in [0.25, 0.3) is 5.91 Å². The minimum Gasteiger partial charge on any atom is -0.451 e. The Labute approximate surface area is 153 Å². The Morgan fingerprint density at radius 3 is 2.65 bits per heavy atom. The van der Waals surface area contributed by atoms with Gasteiger partial charge in [-0.2, -0.15) is 0 Å². The fourth-order valence-corrected chi connectivity index (χ4v) is 2.69. The van der Waals surface area contributed by atoms with E-state index in [1.54, 1.807) is 6.20 Å².